The van der Waals surface area contributed by atoms with Crippen molar-refractivity contribution in [2.75, 3.05) is 12.4 Å². The molecule has 1 heterocycles. The van der Waals surface area contributed by atoms with E-state index in [1.807, 2.05) is 0 Å². The molecule has 3 aromatic carbocycles. The molecule has 2 radical (unpaired) electrons. The van der Waals surface area contributed by atoms with Crippen LogP contribution in [0.25, 0.3) is 22.0 Å². The van der Waals surface area contributed by atoms with Gasteiger partial charge in [0, 0.05) is 95.3 Å². The van der Waals surface area contributed by atoms with Crippen molar-refractivity contribution in [1.82, 2.24) is 4.57 Å². The fourth-order valence-corrected chi connectivity index (χ4v) is 5.94. The Morgan fingerprint density at radius 1 is 0.821 bits per heavy atom. The number of hydrogen-bond acceptors (Lipinski definition) is 8. The number of pyridine rings is 1. The molecule has 15 heteroatoms. The Labute approximate surface area is 267 Å². The normalized spacial score (nSPS) is 12.3. The molecule has 1 aliphatic rings. The van der Waals surface area contributed by atoms with Crippen LogP contribution < -0.4 is 15.6 Å². The molecule has 0 fully saturated rings. The molecule has 0 saturated heterocycles. The predicted molar refractivity (Wildman–Crippen MR) is 145 cm³/mol. The van der Waals surface area contributed by atoms with E-state index in [4.69, 9.17) is 4.74 Å². The monoisotopic (exact) mass is 588 g/mol. The molecule has 5 rings (SSSR count). The summed E-state index contributed by atoms with van der Waals surface area (Å²) in [6.45, 7) is 0. The van der Waals surface area contributed by atoms with Crippen molar-refractivity contribution in [3.63, 3.8) is 0 Å². The van der Waals surface area contributed by atoms with E-state index >= 15 is 0 Å². The summed E-state index contributed by atoms with van der Waals surface area (Å²) in [5, 5.41) is 3.01. The van der Waals surface area contributed by atoms with Gasteiger partial charge in [-0.05, 0) is 23.3 Å². The van der Waals surface area contributed by atoms with Crippen molar-refractivity contribution in [2.24, 2.45) is 7.05 Å². The first-order valence-electron chi connectivity index (χ1n) is 10.6. The number of carbonyl (C=O) groups excluding carboxylic acids is 1. The Balaban J connectivity index is 0.00000210. The average Bonchev–Trinajstić information content (AvgIpc) is 2.84. The maximum absolute atomic E-state index is 13.7. The van der Waals surface area contributed by atoms with Gasteiger partial charge in [-0.1, -0.05) is 24.3 Å². The van der Waals surface area contributed by atoms with Crippen molar-refractivity contribution in [1.29, 1.82) is 0 Å². The van der Waals surface area contributed by atoms with E-state index < -0.39 is 41.5 Å². The first kappa shape index (κ1) is 31.5. The predicted octanol–water partition coefficient (Wildman–Crippen LogP) is 2.23. The number of ketones is 1. The zero-order valence-electron chi connectivity index (χ0n) is 21.2. The van der Waals surface area contributed by atoms with Crippen molar-refractivity contribution >= 4 is 107 Å². The average molecular weight is 589 g/mol. The summed E-state index contributed by atoms with van der Waals surface area (Å²) >= 11 is 0. The van der Waals surface area contributed by atoms with E-state index in [1.54, 1.807) is 24.3 Å². The maximum Gasteiger partial charge on any atom is 0.296 e. The van der Waals surface area contributed by atoms with Crippen molar-refractivity contribution in [3.8, 4) is 16.9 Å². The number of aromatic nitrogens is 1. The Hall–Kier alpha value is -2.04. The molecule has 192 valence electrons. The smallest absolute Gasteiger partial charge is 0.296 e. The molecule has 1 aliphatic carbocycles. The van der Waals surface area contributed by atoms with Gasteiger partial charge in [-0.25, -0.2) is 0 Å². The number of hydrogen-bond donors (Lipinski definition) is 3. The summed E-state index contributed by atoms with van der Waals surface area (Å²) in [6, 6.07) is 12.6. The third-order valence-corrected chi connectivity index (χ3v) is 7.95. The van der Waals surface area contributed by atoms with Crippen LogP contribution in [0.5, 0.6) is 5.75 Å². The van der Waals surface area contributed by atoms with Crippen LogP contribution in [0.1, 0.15) is 15.9 Å². The number of anilines is 2. The van der Waals surface area contributed by atoms with E-state index in [-0.39, 0.29) is 87.2 Å². The van der Waals surface area contributed by atoms with Crippen molar-refractivity contribution < 1.29 is 35.5 Å². The number of benzene rings is 3. The van der Waals surface area contributed by atoms with Gasteiger partial charge in [-0.15, -0.1) is 0 Å². The van der Waals surface area contributed by atoms with E-state index in [0.29, 0.717) is 22.0 Å². The zero-order valence-corrected chi connectivity index (χ0v) is 26.8. The molecule has 0 bridgehead atoms. The molecule has 4 aromatic rings. The first-order chi connectivity index (χ1) is 17.3. The van der Waals surface area contributed by atoms with Crippen LogP contribution >= 0.6 is 0 Å². The zero-order chi connectivity index (χ0) is 26.9. The molecule has 3 N–H and O–H groups in total. The van der Waals surface area contributed by atoms with E-state index in [0.717, 1.165) is 19.2 Å². The summed E-state index contributed by atoms with van der Waals surface area (Å²) < 4.78 is 74.8. The van der Waals surface area contributed by atoms with Gasteiger partial charge < -0.3 is 14.6 Å². The number of ether oxygens (including phenoxy) is 1. The topological polar surface area (TPSA) is 169 Å². The number of rotatable bonds is 5. The molecule has 1 aromatic heterocycles. The number of carbonyl (C=O) groups is 1. The summed E-state index contributed by atoms with van der Waals surface area (Å²) in [6.07, 6.45) is 0. The van der Waals surface area contributed by atoms with Crippen LogP contribution in [-0.4, -0.2) is 103 Å². The number of aryl methyl sites for hydroxylation is 1. The second-order valence-electron chi connectivity index (χ2n) is 8.29. The minimum Gasteiger partial charge on any atom is -0.497 e. The van der Waals surface area contributed by atoms with Crippen LogP contribution in [0, 0.1) is 0 Å². The Morgan fingerprint density at radius 2 is 1.38 bits per heavy atom. The van der Waals surface area contributed by atoms with Gasteiger partial charge in [0.1, 0.15) is 15.5 Å². The van der Waals surface area contributed by atoms with Gasteiger partial charge in [-0.3, -0.25) is 18.7 Å². The van der Waals surface area contributed by atoms with E-state index in [2.05, 4.69) is 5.32 Å². The molecule has 39 heavy (non-hydrogen) atoms. The summed E-state index contributed by atoms with van der Waals surface area (Å²) in [5.41, 5.74) is 0.680. The number of methoxy groups -OCH3 is 1. The molecule has 0 unspecified atom stereocenters. The van der Waals surface area contributed by atoms with E-state index in [1.165, 1.54) is 29.8 Å². The molecule has 0 aliphatic heterocycles. The molecule has 0 saturated carbocycles. The molecule has 0 atom stereocenters. The van der Waals surface area contributed by atoms with Crippen LogP contribution in [0.3, 0.4) is 0 Å². The van der Waals surface area contributed by atoms with Crippen LogP contribution in [0.4, 0.5) is 11.4 Å². The van der Waals surface area contributed by atoms with Gasteiger partial charge in [0.2, 0.25) is 0 Å². The van der Waals surface area contributed by atoms with Crippen molar-refractivity contribution in [3.05, 3.63) is 76.1 Å². The third kappa shape index (κ3) is 5.36. The largest absolute Gasteiger partial charge is 0.497 e. The fraction of sp³-hybridized carbons (Fsp3) is 0.0833. The minimum absolute atomic E-state index is 0. The number of nitrogens with zero attached hydrogens (tertiary/aromatic N) is 1. The first-order valence-corrected chi connectivity index (χ1v) is 13.5. The number of fused-ring (bicyclic) bond motifs is 2. The Kier molecular flexibility index (Phi) is 8.95. The third-order valence-electron chi connectivity index (χ3n) is 6.19. The van der Waals surface area contributed by atoms with E-state index in [9.17, 15) is 35.5 Å². The Morgan fingerprint density at radius 3 is 1.92 bits per heavy atom. The molecule has 11 nitrogen and oxygen atoms in total. The summed E-state index contributed by atoms with van der Waals surface area (Å²) in [5.74, 6) is -0.738. The van der Waals surface area contributed by atoms with Crippen LogP contribution in [-0.2, 0) is 27.3 Å². The Bertz CT molecular complexity index is 1900. The van der Waals surface area contributed by atoms with Gasteiger partial charge in [0.25, 0.3) is 25.8 Å². The second kappa shape index (κ2) is 11.1. The van der Waals surface area contributed by atoms with Gasteiger partial charge in [0.05, 0.1) is 29.6 Å². The van der Waals surface area contributed by atoms with Gasteiger partial charge in [0.15, 0.2) is 5.78 Å². The maximum atomic E-state index is 13.7. The number of nitrogens with one attached hydrogen (secondary N) is 1. The second-order valence-corrected chi connectivity index (χ2v) is 11.1. The molecule has 0 spiro atoms. The summed E-state index contributed by atoms with van der Waals surface area (Å²) in [7, 11) is -7.43. The standard InChI is InChI=1S/C24H18N2O9S2.2Na/c1-26-17-8-7-16(22-21(17)15(11-20(26)27)13-5-3-4-6-14(13)24(22)28)25-23-18(36(29,30)31)9-12(35-2)10-19(23)37(32,33)34;;/h3-11,25H,1-2H3,(H,29,30,31)(H,32,33,34);;. The SMILES string of the molecule is COc1cc(S(=O)(=O)O)c(Nc2ccc3c4c(cc(=O)n3C)-c3ccccc3C(=O)c24)c(S(=O)(=O)O)c1.[Na].[Na]. The van der Waals surface area contributed by atoms with Gasteiger partial charge >= 0.3 is 0 Å². The summed E-state index contributed by atoms with van der Waals surface area (Å²) in [4.78, 5) is 24.5. The quantitative estimate of drug-likeness (QED) is 0.204. The molecular weight excluding hydrogens is 570 g/mol. The van der Waals surface area contributed by atoms with Crippen LogP contribution in [0.2, 0.25) is 0 Å². The van der Waals surface area contributed by atoms with Gasteiger partial charge in [-0.2, -0.15) is 16.8 Å². The minimum atomic E-state index is -5.05. The van der Waals surface area contributed by atoms with Crippen LogP contribution in [0.15, 0.2) is 69.2 Å². The molecule has 0 amide bonds. The van der Waals surface area contributed by atoms with Crippen molar-refractivity contribution in [2.45, 2.75) is 9.79 Å². The molecular formula is C24H18N2Na2O9S2. The fourth-order valence-electron chi connectivity index (χ4n) is 4.51.